The van der Waals surface area contributed by atoms with Gasteiger partial charge in [-0.2, -0.15) is 5.10 Å². The molecule has 5 rings (SSSR count). The molecule has 0 aliphatic carbocycles. The summed E-state index contributed by atoms with van der Waals surface area (Å²) in [6, 6.07) is 0.316. The normalized spacial score (nSPS) is 18.4. The Morgan fingerprint density at radius 3 is 2.70 bits per heavy atom. The van der Waals surface area contributed by atoms with Crippen LogP contribution < -0.4 is 15.5 Å². The number of carbonyl (C=O) groups is 2. The molecule has 0 bridgehead atoms. The van der Waals surface area contributed by atoms with Gasteiger partial charge in [0.2, 0.25) is 5.91 Å². The molecule has 0 unspecified atom stereocenters. The number of aromatic nitrogens is 4. The van der Waals surface area contributed by atoms with E-state index in [1.54, 1.807) is 18.6 Å². The number of carbonyl (C=O) groups excluding carboxylic acids is 2. The molecule has 0 spiro atoms. The van der Waals surface area contributed by atoms with E-state index in [4.69, 9.17) is 0 Å². The van der Waals surface area contributed by atoms with Crippen LogP contribution in [0.1, 0.15) is 29.6 Å². The Morgan fingerprint density at radius 2 is 2.00 bits per heavy atom. The second kappa shape index (κ2) is 10.1. The van der Waals surface area contributed by atoms with E-state index in [2.05, 4.69) is 51.6 Å². The zero-order valence-corrected chi connectivity index (χ0v) is 20.3. The molecule has 5 heterocycles. The van der Waals surface area contributed by atoms with E-state index in [1.807, 2.05) is 4.90 Å². The second-order valence-corrected chi connectivity index (χ2v) is 9.04. The summed E-state index contributed by atoms with van der Waals surface area (Å²) in [6.45, 7) is 3.77. The quantitative estimate of drug-likeness (QED) is 0.397. The number of nitrogens with zero attached hydrogens (tertiary/aromatic N) is 4. The lowest BCUT2D eigenvalue weighted by Gasteiger charge is -2.37. The molecule has 2 fully saturated rings. The first-order chi connectivity index (χ1) is 15.6. The summed E-state index contributed by atoms with van der Waals surface area (Å²) in [5.74, 6) is -0.0285. The first kappa shape index (κ1) is 23.5. The van der Waals surface area contributed by atoms with E-state index >= 15 is 0 Å². The molecule has 3 aromatic rings. The highest BCUT2D eigenvalue weighted by Gasteiger charge is 2.27. The van der Waals surface area contributed by atoms with Crippen LogP contribution in [-0.4, -0.2) is 75.6 Å². The highest BCUT2D eigenvalue weighted by Crippen LogP contribution is 2.38. The van der Waals surface area contributed by atoms with Crippen LogP contribution in [0.15, 0.2) is 29.3 Å². The van der Waals surface area contributed by atoms with Crippen molar-refractivity contribution < 1.29 is 9.59 Å². The molecule has 2 amide bonds. The largest absolute Gasteiger partial charge is 0.366 e. The average molecular weight is 538 g/mol. The van der Waals surface area contributed by atoms with Crippen molar-refractivity contribution in [1.29, 1.82) is 0 Å². The number of piperazine rings is 1. The van der Waals surface area contributed by atoms with Crippen molar-refractivity contribution in [2.75, 3.05) is 42.9 Å². The van der Waals surface area contributed by atoms with E-state index in [1.165, 1.54) is 6.20 Å². The van der Waals surface area contributed by atoms with Gasteiger partial charge in [0.15, 0.2) is 0 Å². The van der Waals surface area contributed by atoms with E-state index in [0.717, 1.165) is 34.9 Å². The van der Waals surface area contributed by atoms with Crippen molar-refractivity contribution >= 4 is 62.6 Å². The maximum absolute atomic E-state index is 12.7. The number of aromatic amines is 2. The molecular formula is C21H26BrClN8O2. The van der Waals surface area contributed by atoms with Gasteiger partial charge in [-0.1, -0.05) is 0 Å². The zero-order valence-electron chi connectivity index (χ0n) is 17.9. The van der Waals surface area contributed by atoms with E-state index in [-0.39, 0.29) is 24.2 Å². The summed E-state index contributed by atoms with van der Waals surface area (Å²) in [5, 5.41) is 13.7. The summed E-state index contributed by atoms with van der Waals surface area (Å²) in [6.07, 6.45) is 9.35. The summed E-state index contributed by atoms with van der Waals surface area (Å²) in [4.78, 5) is 37.1. The number of hydrogen-bond donors (Lipinski definition) is 4. The second-order valence-electron chi connectivity index (χ2n) is 8.19. The van der Waals surface area contributed by atoms with Crippen molar-refractivity contribution in [2.24, 2.45) is 0 Å². The lowest BCUT2D eigenvalue weighted by molar-refractivity contribution is -0.131. The number of rotatable bonds is 5. The zero-order chi connectivity index (χ0) is 22.1. The molecule has 33 heavy (non-hydrogen) atoms. The molecule has 2 aliphatic rings. The van der Waals surface area contributed by atoms with Gasteiger partial charge in [-0.3, -0.25) is 14.7 Å². The predicted molar refractivity (Wildman–Crippen MR) is 132 cm³/mol. The monoisotopic (exact) mass is 536 g/mol. The van der Waals surface area contributed by atoms with Crippen LogP contribution >= 0.6 is 28.3 Å². The number of halogens is 2. The van der Waals surface area contributed by atoms with Crippen LogP contribution in [0.25, 0.3) is 11.0 Å². The first-order valence-corrected chi connectivity index (χ1v) is 11.6. The summed E-state index contributed by atoms with van der Waals surface area (Å²) in [5.41, 5.74) is 2.76. The molecule has 2 saturated heterocycles. The molecule has 0 aromatic carbocycles. The molecule has 2 aliphatic heterocycles. The molecule has 10 nitrogen and oxygen atoms in total. The third kappa shape index (κ3) is 4.85. The van der Waals surface area contributed by atoms with Crippen LogP contribution in [0.5, 0.6) is 0 Å². The van der Waals surface area contributed by atoms with Gasteiger partial charge in [0.05, 0.1) is 33.0 Å². The number of hydrogen-bond acceptors (Lipinski definition) is 6. The Hall–Kier alpha value is -2.63. The highest BCUT2D eigenvalue weighted by molar-refractivity contribution is 9.10. The van der Waals surface area contributed by atoms with Crippen LogP contribution in [-0.2, 0) is 4.79 Å². The first-order valence-electron chi connectivity index (χ1n) is 10.8. The fourth-order valence-electron chi connectivity index (χ4n) is 4.48. The minimum absolute atomic E-state index is 0. The van der Waals surface area contributed by atoms with Gasteiger partial charge in [-0.25, -0.2) is 4.98 Å². The Kier molecular flexibility index (Phi) is 7.20. The van der Waals surface area contributed by atoms with Gasteiger partial charge in [-0.05, 0) is 35.3 Å². The van der Waals surface area contributed by atoms with E-state index in [9.17, 15) is 9.59 Å². The molecule has 0 saturated carbocycles. The number of amides is 2. The minimum atomic E-state index is -0.249. The van der Waals surface area contributed by atoms with Gasteiger partial charge in [0, 0.05) is 57.2 Å². The number of anilines is 2. The standard InChI is InChI=1S/C21H25BrN8O2.ClH/c22-15-11-24-20-18(16(12-25-20)28-21(32)13-9-26-27-10-13)19(15)30-6-4-29(5-7-30)17(31)8-14-2-1-3-23-14;/h9-12,14,23H,1-8H2,(H,24,25)(H,26,27)(H,28,32);1H/t14-;/m0./s1. The fraction of sp³-hybridized carbons (Fsp3) is 0.429. The van der Waals surface area contributed by atoms with Gasteiger partial charge in [0.25, 0.3) is 5.91 Å². The average Bonchev–Trinajstić information content (AvgIpc) is 3.57. The van der Waals surface area contributed by atoms with Gasteiger partial charge in [-0.15, -0.1) is 12.4 Å². The minimum Gasteiger partial charge on any atom is -0.366 e. The van der Waals surface area contributed by atoms with Gasteiger partial charge >= 0.3 is 0 Å². The maximum Gasteiger partial charge on any atom is 0.258 e. The van der Waals surface area contributed by atoms with Crippen molar-refractivity contribution in [3.05, 3.63) is 34.8 Å². The molecule has 1 atom stereocenters. The van der Waals surface area contributed by atoms with Gasteiger partial charge < -0.3 is 25.4 Å². The van der Waals surface area contributed by atoms with Crippen molar-refractivity contribution in [2.45, 2.75) is 25.3 Å². The van der Waals surface area contributed by atoms with Crippen molar-refractivity contribution in [3.63, 3.8) is 0 Å². The Labute approximate surface area is 205 Å². The van der Waals surface area contributed by atoms with Gasteiger partial charge in [0.1, 0.15) is 5.65 Å². The molecule has 176 valence electrons. The third-order valence-electron chi connectivity index (χ3n) is 6.17. The Balaban J connectivity index is 0.00000259. The molecule has 3 aromatic heterocycles. The maximum atomic E-state index is 12.7. The summed E-state index contributed by atoms with van der Waals surface area (Å²) < 4.78 is 0.846. The smallest absolute Gasteiger partial charge is 0.258 e. The SMILES string of the molecule is Cl.O=C(Nc1c[nH]c2ncc(Br)c(N3CCN(C(=O)C[C@@H]4CCCN4)CC3)c12)c1cn[nH]c1. The third-order valence-corrected chi connectivity index (χ3v) is 6.75. The summed E-state index contributed by atoms with van der Waals surface area (Å²) >= 11 is 3.64. The van der Waals surface area contributed by atoms with Crippen LogP contribution in [0.2, 0.25) is 0 Å². The highest BCUT2D eigenvalue weighted by atomic mass is 79.9. The number of fused-ring (bicyclic) bond motifs is 1. The number of H-pyrrole nitrogens is 2. The topological polar surface area (TPSA) is 122 Å². The van der Waals surface area contributed by atoms with E-state index in [0.29, 0.717) is 55.5 Å². The van der Waals surface area contributed by atoms with E-state index < -0.39 is 0 Å². The number of nitrogens with one attached hydrogen (secondary N) is 4. The van der Waals surface area contributed by atoms with Crippen LogP contribution in [0.4, 0.5) is 11.4 Å². The van der Waals surface area contributed by atoms with Crippen LogP contribution in [0.3, 0.4) is 0 Å². The number of pyridine rings is 1. The summed E-state index contributed by atoms with van der Waals surface area (Å²) in [7, 11) is 0. The molecule has 12 heteroatoms. The predicted octanol–water partition coefficient (Wildman–Crippen LogP) is 2.51. The van der Waals surface area contributed by atoms with Crippen molar-refractivity contribution in [3.8, 4) is 0 Å². The fourth-order valence-corrected chi connectivity index (χ4v) is 5.03. The molecule has 0 radical (unpaired) electrons. The Bertz CT molecular complexity index is 1120. The molecular weight excluding hydrogens is 512 g/mol. The molecule has 4 N–H and O–H groups in total. The van der Waals surface area contributed by atoms with Crippen molar-refractivity contribution in [1.82, 2.24) is 30.4 Å². The lowest BCUT2D eigenvalue weighted by Crippen LogP contribution is -2.49. The lowest BCUT2D eigenvalue weighted by atomic mass is 10.1. The van der Waals surface area contributed by atoms with Crippen LogP contribution in [0, 0.1) is 0 Å². The Morgan fingerprint density at radius 1 is 1.18 bits per heavy atom.